The summed E-state index contributed by atoms with van der Waals surface area (Å²) < 4.78 is 6.53. The number of hydrogen-bond donors (Lipinski definition) is 1. The Morgan fingerprint density at radius 2 is 1.81 bits per heavy atom. The molecule has 4 aliphatic carbocycles. The van der Waals surface area contributed by atoms with Gasteiger partial charge in [-0.2, -0.15) is 0 Å². The molecule has 0 aliphatic heterocycles. The molecular weight excluding hydrogens is 352 g/mol. The van der Waals surface area contributed by atoms with Gasteiger partial charge in [0, 0.05) is 0 Å². The second-order valence-corrected chi connectivity index (χ2v) is 15.1. The SMILES string of the molecule is CC(OS(C)(C)C)C1CCC2C3CC=C4CC(O)CCC4(C)C3CCC12C. The van der Waals surface area contributed by atoms with Gasteiger partial charge in [0.1, 0.15) is 0 Å². The van der Waals surface area contributed by atoms with Crippen molar-refractivity contribution >= 4 is 10.3 Å². The van der Waals surface area contributed by atoms with Crippen LogP contribution < -0.4 is 0 Å². The molecule has 156 valence electrons. The molecule has 8 atom stereocenters. The summed E-state index contributed by atoms with van der Waals surface area (Å²) in [7, 11) is -0.913. The third-order valence-electron chi connectivity index (χ3n) is 9.16. The first-order valence-electron chi connectivity index (χ1n) is 11.3. The Morgan fingerprint density at radius 3 is 2.52 bits per heavy atom. The van der Waals surface area contributed by atoms with Crippen LogP contribution in [0.5, 0.6) is 0 Å². The van der Waals surface area contributed by atoms with Crippen LogP contribution in [0.2, 0.25) is 0 Å². The topological polar surface area (TPSA) is 29.5 Å². The van der Waals surface area contributed by atoms with Crippen LogP contribution in [-0.2, 0) is 4.18 Å². The number of aliphatic hydroxyl groups excluding tert-OH is 1. The fraction of sp³-hybridized carbons (Fsp3) is 0.917. The zero-order valence-electron chi connectivity index (χ0n) is 18.5. The molecule has 0 bridgehead atoms. The highest BCUT2D eigenvalue weighted by molar-refractivity contribution is 8.28. The summed E-state index contributed by atoms with van der Waals surface area (Å²) in [6.07, 6.45) is 19.6. The summed E-state index contributed by atoms with van der Waals surface area (Å²) in [5.41, 5.74) is 2.41. The van der Waals surface area contributed by atoms with E-state index in [2.05, 4.69) is 45.6 Å². The van der Waals surface area contributed by atoms with E-state index in [-0.39, 0.29) is 6.10 Å². The Kier molecular flexibility index (Phi) is 5.09. The lowest BCUT2D eigenvalue weighted by Crippen LogP contribution is -2.51. The van der Waals surface area contributed by atoms with E-state index >= 15 is 0 Å². The van der Waals surface area contributed by atoms with E-state index < -0.39 is 10.3 Å². The average Bonchev–Trinajstić information content (AvgIpc) is 2.91. The highest BCUT2D eigenvalue weighted by Gasteiger charge is 2.59. The molecule has 4 aliphatic rings. The zero-order chi connectivity index (χ0) is 19.6. The van der Waals surface area contributed by atoms with E-state index in [0.717, 1.165) is 36.5 Å². The summed E-state index contributed by atoms with van der Waals surface area (Å²) in [6.45, 7) is 7.49. The molecule has 0 amide bonds. The maximum atomic E-state index is 10.2. The Labute approximate surface area is 169 Å². The van der Waals surface area contributed by atoms with Gasteiger partial charge in [0.15, 0.2) is 0 Å². The van der Waals surface area contributed by atoms with Crippen LogP contribution in [0.25, 0.3) is 0 Å². The highest BCUT2D eigenvalue weighted by Crippen LogP contribution is 2.67. The van der Waals surface area contributed by atoms with Gasteiger partial charge in [-0.05, 0) is 112 Å². The molecule has 3 heteroatoms. The van der Waals surface area contributed by atoms with Crippen LogP contribution in [0.4, 0.5) is 0 Å². The second kappa shape index (κ2) is 6.77. The van der Waals surface area contributed by atoms with Crippen LogP contribution in [-0.4, -0.2) is 36.1 Å². The summed E-state index contributed by atoms with van der Waals surface area (Å²) >= 11 is 0. The lowest BCUT2D eigenvalue weighted by atomic mass is 9.47. The Bertz CT molecular complexity index is 608. The molecule has 27 heavy (non-hydrogen) atoms. The highest BCUT2D eigenvalue weighted by atomic mass is 32.3. The van der Waals surface area contributed by atoms with Gasteiger partial charge in [0.2, 0.25) is 0 Å². The van der Waals surface area contributed by atoms with Crippen molar-refractivity contribution in [2.75, 3.05) is 18.8 Å². The number of allylic oxidation sites excluding steroid dienone is 1. The van der Waals surface area contributed by atoms with Crippen molar-refractivity contribution < 1.29 is 9.29 Å². The first-order valence-corrected chi connectivity index (χ1v) is 14.1. The quantitative estimate of drug-likeness (QED) is 0.600. The molecule has 3 saturated carbocycles. The average molecular weight is 395 g/mol. The Balaban J connectivity index is 1.57. The van der Waals surface area contributed by atoms with E-state index in [4.69, 9.17) is 4.18 Å². The van der Waals surface area contributed by atoms with E-state index in [1.54, 1.807) is 5.57 Å². The van der Waals surface area contributed by atoms with Crippen LogP contribution in [0, 0.1) is 34.5 Å². The first-order chi connectivity index (χ1) is 12.5. The molecule has 0 aromatic carbocycles. The lowest BCUT2D eigenvalue weighted by Gasteiger charge is -2.58. The lowest BCUT2D eigenvalue weighted by molar-refractivity contribution is -0.0630. The molecule has 0 radical (unpaired) electrons. The van der Waals surface area contributed by atoms with E-state index in [1.807, 2.05) is 0 Å². The number of rotatable bonds is 3. The molecule has 2 nitrogen and oxygen atoms in total. The predicted molar refractivity (Wildman–Crippen MR) is 117 cm³/mol. The maximum absolute atomic E-state index is 10.2. The molecule has 0 saturated heterocycles. The van der Waals surface area contributed by atoms with Gasteiger partial charge in [-0.25, -0.2) is 0 Å². The van der Waals surface area contributed by atoms with Crippen molar-refractivity contribution in [2.45, 2.75) is 84.3 Å². The van der Waals surface area contributed by atoms with Gasteiger partial charge in [-0.3, -0.25) is 0 Å². The molecule has 3 fully saturated rings. The molecular formula is C24H42O2S. The summed E-state index contributed by atoms with van der Waals surface area (Å²) in [6, 6.07) is 0. The minimum Gasteiger partial charge on any atom is -0.393 e. The third kappa shape index (κ3) is 3.34. The van der Waals surface area contributed by atoms with Gasteiger partial charge in [0.05, 0.1) is 12.2 Å². The summed E-state index contributed by atoms with van der Waals surface area (Å²) in [5.74, 6) is 3.28. The molecule has 8 unspecified atom stereocenters. The Hall–Kier alpha value is 0.01000. The minimum absolute atomic E-state index is 0.0940. The smallest absolute Gasteiger partial charge is 0.0705 e. The number of hydrogen-bond acceptors (Lipinski definition) is 2. The van der Waals surface area contributed by atoms with Gasteiger partial charge in [-0.15, -0.1) is 10.3 Å². The van der Waals surface area contributed by atoms with Gasteiger partial charge < -0.3 is 9.29 Å². The van der Waals surface area contributed by atoms with E-state index in [0.29, 0.717) is 16.9 Å². The van der Waals surface area contributed by atoms with Crippen LogP contribution >= 0.6 is 10.3 Å². The Morgan fingerprint density at radius 1 is 1.07 bits per heavy atom. The van der Waals surface area contributed by atoms with Crippen LogP contribution in [0.1, 0.15) is 72.1 Å². The standard InChI is InChI=1S/C24H42O2S/c1-16(26-27(4,5)6)20-9-10-21-19-8-7-17-15-18(25)11-13-23(17,2)22(19)12-14-24(20,21)3/h7,16,18-22,25H,8-15H2,1-6H3. The first kappa shape index (κ1) is 20.3. The van der Waals surface area contributed by atoms with Gasteiger partial charge >= 0.3 is 0 Å². The van der Waals surface area contributed by atoms with Crippen LogP contribution in [0.15, 0.2) is 11.6 Å². The number of fused-ring (bicyclic) bond motifs is 5. The van der Waals surface area contributed by atoms with Crippen molar-refractivity contribution in [1.82, 2.24) is 0 Å². The normalized spacial score (nSPS) is 48.9. The molecule has 0 aromatic heterocycles. The van der Waals surface area contributed by atoms with Gasteiger partial charge in [-0.1, -0.05) is 25.5 Å². The predicted octanol–water partition coefficient (Wildman–Crippen LogP) is 5.94. The fourth-order valence-corrected chi connectivity index (χ4v) is 9.02. The molecule has 4 rings (SSSR count). The minimum atomic E-state index is -0.913. The van der Waals surface area contributed by atoms with E-state index in [9.17, 15) is 5.11 Å². The van der Waals surface area contributed by atoms with Gasteiger partial charge in [0.25, 0.3) is 0 Å². The van der Waals surface area contributed by atoms with Crippen LogP contribution in [0.3, 0.4) is 0 Å². The monoisotopic (exact) mass is 394 g/mol. The molecule has 0 aromatic rings. The number of aliphatic hydroxyl groups is 1. The van der Waals surface area contributed by atoms with Crippen molar-refractivity contribution in [2.24, 2.45) is 34.5 Å². The maximum Gasteiger partial charge on any atom is 0.0705 e. The summed E-state index contributed by atoms with van der Waals surface area (Å²) in [5, 5.41) is 10.2. The van der Waals surface area contributed by atoms with E-state index in [1.165, 1.54) is 38.5 Å². The third-order valence-corrected chi connectivity index (χ3v) is 10.0. The molecule has 0 spiro atoms. The van der Waals surface area contributed by atoms with Crippen molar-refractivity contribution in [3.05, 3.63) is 11.6 Å². The summed E-state index contributed by atoms with van der Waals surface area (Å²) in [4.78, 5) is 0. The largest absolute Gasteiger partial charge is 0.393 e. The van der Waals surface area contributed by atoms with Crippen molar-refractivity contribution in [3.63, 3.8) is 0 Å². The van der Waals surface area contributed by atoms with Crippen molar-refractivity contribution in [3.8, 4) is 0 Å². The fourth-order valence-electron chi connectivity index (χ4n) is 7.98. The molecule has 0 heterocycles. The molecule has 1 N–H and O–H groups in total. The van der Waals surface area contributed by atoms with Crippen molar-refractivity contribution in [1.29, 1.82) is 0 Å². The zero-order valence-corrected chi connectivity index (χ0v) is 19.3. The second-order valence-electron chi connectivity index (χ2n) is 11.4.